The normalized spacial score (nSPS) is 11.0. The Balaban J connectivity index is 1.54. The maximum atomic E-state index is 11.9. The zero-order valence-electron chi connectivity index (χ0n) is 12.6. The SMILES string of the molecule is O=C(CSc1ccc2ccccc2n1)N/N=C/c1ccccc1I. The van der Waals surface area contributed by atoms with Gasteiger partial charge in [-0.15, -0.1) is 0 Å². The van der Waals surface area contributed by atoms with Gasteiger partial charge in [0.25, 0.3) is 0 Å². The van der Waals surface area contributed by atoms with Crippen LogP contribution in [0.5, 0.6) is 0 Å². The van der Waals surface area contributed by atoms with Crippen molar-refractivity contribution in [3.63, 3.8) is 0 Å². The van der Waals surface area contributed by atoms with Gasteiger partial charge in [-0.1, -0.05) is 54.2 Å². The minimum Gasteiger partial charge on any atom is -0.272 e. The summed E-state index contributed by atoms with van der Waals surface area (Å²) in [7, 11) is 0. The summed E-state index contributed by atoms with van der Waals surface area (Å²) in [5.41, 5.74) is 4.45. The van der Waals surface area contributed by atoms with E-state index in [-0.39, 0.29) is 11.7 Å². The molecule has 0 unspecified atom stereocenters. The molecule has 0 spiro atoms. The van der Waals surface area contributed by atoms with Gasteiger partial charge in [0, 0.05) is 14.5 Å². The fraction of sp³-hybridized carbons (Fsp3) is 0.0556. The van der Waals surface area contributed by atoms with E-state index in [2.05, 4.69) is 38.1 Å². The Bertz CT molecular complexity index is 898. The lowest BCUT2D eigenvalue weighted by Crippen LogP contribution is -2.19. The van der Waals surface area contributed by atoms with Crippen LogP contribution < -0.4 is 5.43 Å². The predicted octanol–water partition coefficient (Wildman–Crippen LogP) is 4.08. The fourth-order valence-corrected chi connectivity index (χ4v) is 3.25. The average molecular weight is 447 g/mol. The maximum Gasteiger partial charge on any atom is 0.250 e. The first kappa shape index (κ1) is 16.9. The molecule has 4 nitrogen and oxygen atoms in total. The Morgan fingerprint density at radius 3 is 2.79 bits per heavy atom. The highest BCUT2D eigenvalue weighted by molar-refractivity contribution is 14.1. The number of carbonyl (C=O) groups is 1. The van der Waals surface area contributed by atoms with Crippen molar-refractivity contribution in [2.24, 2.45) is 5.10 Å². The predicted molar refractivity (Wildman–Crippen MR) is 107 cm³/mol. The zero-order chi connectivity index (χ0) is 16.8. The number of hydrogen-bond donors (Lipinski definition) is 1. The first-order chi connectivity index (χ1) is 11.7. The molecule has 0 aliphatic rings. The van der Waals surface area contributed by atoms with Crippen LogP contribution in [0.4, 0.5) is 0 Å². The van der Waals surface area contributed by atoms with Crippen LogP contribution in [-0.4, -0.2) is 22.9 Å². The Labute approximate surface area is 157 Å². The molecule has 0 saturated heterocycles. The van der Waals surface area contributed by atoms with E-state index in [1.54, 1.807) is 6.21 Å². The Kier molecular flexibility index (Phi) is 5.81. The van der Waals surface area contributed by atoms with E-state index in [0.717, 1.165) is 25.1 Å². The summed E-state index contributed by atoms with van der Waals surface area (Å²) < 4.78 is 1.09. The topological polar surface area (TPSA) is 54.4 Å². The largest absolute Gasteiger partial charge is 0.272 e. The lowest BCUT2D eigenvalue weighted by atomic mass is 10.2. The highest BCUT2D eigenvalue weighted by atomic mass is 127. The summed E-state index contributed by atoms with van der Waals surface area (Å²) in [4.78, 5) is 16.4. The zero-order valence-corrected chi connectivity index (χ0v) is 15.6. The number of halogens is 1. The Hall–Kier alpha value is -1.93. The summed E-state index contributed by atoms with van der Waals surface area (Å²) in [6.45, 7) is 0. The van der Waals surface area contributed by atoms with Gasteiger partial charge in [-0.2, -0.15) is 5.10 Å². The number of benzene rings is 2. The molecule has 2 aromatic carbocycles. The number of nitrogens with one attached hydrogen (secondary N) is 1. The lowest BCUT2D eigenvalue weighted by molar-refractivity contribution is -0.118. The molecule has 24 heavy (non-hydrogen) atoms. The summed E-state index contributed by atoms with van der Waals surface area (Å²) in [6, 6.07) is 19.7. The standard InChI is InChI=1S/C18H14IN3OS/c19-15-7-3-1-6-14(15)11-20-22-17(23)12-24-18-10-9-13-5-2-4-8-16(13)21-18/h1-11H,12H2,(H,22,23)/b20-11+. The summed E-state index contributed by atoms with van der Waals surface area (Å²) in [5.74, 6) is 0.117. The smallest absolute Gasteiger partial charge is 0.250 e. The highest BCUT2D eigenvalue weighted by Gasteiger charge is 2.04. The van der Waals surface area contributed by atoms with Crippen LogP contribution in [0, 0.1) is 3.57 Å². The van der Waals surface area contributed by atoms with E-state index < -0.39 is 0 Å². The van der Waals surface area contributed by atoms with Crippen molar-refractivity contribution in [1.29, 1.82) is 0 Å². The highest BCUT2D eigenvalue weighted by Crippen LogP contribution is 2.19. The molecule has 0 atom stereocenters. The third-order valence-electron chi connectivity index (χ3n) is 3.22. The van der Waals surface area contributed by atoms with E-state index in [1.807, 2.05) is 60.7 Å². The van der Waals surface area contributed by atoms with Crippen molar-refractivity contribution >= 4 is 57.4 Å². The van der Waals surface area contributed by atoms with E-state index in [4.69, 9.17) is 0 Å². The second-order valence-corrected chi connectivity index (χ2v) is 7.10. The van der Waals surface area contributed by atoms with Gasteiger partial charge >= 0.3 is 0 Å². The molecule has 1 heterocycles. The van der Waals surface area contributed by atoms with Gasteiger partial charge in [-0.3, -0.25) is 4.79 Å². The number of pyridine rings is 1. The molecule has 0 aliphatic heterocycles. The van der Waals surface area contributed by atoms with Crippen molar-refractivity contribution in [1.82, 2.24) is 10.4 Å². The molecule has 0 radical (unpaired) electrons. The molecule has 0 saturated carbocycles. The molecule has 120 valence electrons. The number of hydrazone groups is 1. The first-order valence-electron chi connectivity index (χ1n) is 7.27. The molecule has 0 fully saturated rings. The van der Waals surface area contributed by atoms with E-state index >= 15 is 0 Å². The van der Waals surface area contributed by atoms with E-state index in [1.165, 1.54) is 11.8 Å². The Morgan fingerprint density at radius 2 is 1.92 bits per heavy atom. The van der Waals surface area contributed by atoms with Gasteiger partial charge in [0.05, 0.1) is 22.5 Å². The molecule has 3 aromatic rings. The molecule has 3 rings (SSSR count). The fourth-order valence-electron chi connectivity index (χ4n) is 2.05. The van der Waals surface area contributed by atoms with Gasteiger partial charge in [0.1, 0.15) is 0 Å². The van der Waals surface area contributed by atoms with Gasteiger partial charge in [0.2, 0.25) is 5.91 Å². The van der Waals surface area contributed by atoms with Crippen LogP contribution in [0.15, 0.2) is 70.8 Å². The summed E-state index contributed by atoms with van der Waals surface area (Å²) in [5, 5.41) is 5.92. The van der Waals surface area contributed by atoms with Crippen molar-refractivity contribution in [2.75, 3.05) is 5.75 Å². The molecule has 1 amide bonds. The molecule has 1 N–H and O–H groups in total. The number of fused-ring (bicyclic) bond motifs is 1. The number of nitrogens with zero attached hydrogens (tertiary/aromatic N) is 2. The van der Waals surface area contributed by atoms with Crippen LogP contribution in [-0.2, 0) is 4.79 Å². The number of carbonyl (C=O) groups excluding carboxylic acids is 1. The number of amides is 1. The van der Waals surface area contributed by atoms with Crippen molar-refractivity contribution < 1.29 is 4.79 Å². The van der Waals surface area contributed by atoms with Gasteiger partial charge in [-0.25, -0.2) is 10.4 Å². The van der Waals surface area contributed by atoms with E-state index in [9.17, 15) is 4.79 Å². The number of aromatic nitrogens is 1. The maximum absolute atomic E-state index is 11.9. The summed E-state index contributed by atoms with van der Waals surface area (Å²) >= 11 is 3.63. The molecular weight excluding hydrogens is 433 g/mol. The van der Waals surface area contributed by atoms with Crippen LogP contribution in [0.2, 0.25) is 0 Å². The van der Waals surface area contributed by atoms with Crippen LogP contribution in [0.3, 0.4) is 0 Å². The van der Waals surface area contributed by atoms with E-state index in [0.29, 0.717) is 0 Å². The molecular formula is C18H14IN3OS. The quantitative estimate of drug-likeness (QED) is 0.278. The number of para-hydroxylation sites is 1. The lowest BCUT2D eigenvalue weighted by Gasteiger charge is -2.02. The molecule has 6 heteroatoms. The second kappa shape index (κ2) is 8.25. The molecule has 0 bridgehead atoms. The van der Waals surface area contributed by atoms with Crippen LogP contribution >= 0.6 is 34.4 Å². The monoisotopic (exact) mass is 447 g/mol. The van der Waals surface area contributed by atoms with Crippen molar-refractivity contribution in [3.8, 4) is 0 Å². The minimum absolute atomic E-state index is 0.155. The number of rotatable bonds is 5. The van der Waals surface area contributed by atoms with Gasteiger partial charge < -0.3 is 0 Å². The number of thioether (sulfide) groups is 1. The van der Waals surface area contributed by atoms with Crippen LogP contribution in [0.1, 0.15) is 5.56 Å². The minimum atomic E-state index is -0.155. The van der Waals surface area contributed by atoms with Crippen molar-refractivity contribution in [3.05, 3.63) is 69.8 Å². The van der Waals surface area contributed by atoms with Gasteiger partial charge in [0.15, 0.2) is 0 Å². The third kappa shape index (κ3) is 4.55. The number of hydrogen-bond acceptors (Lipinski definition) is 4. The van der Waals surface area contributed by atoms with Gasteiger partial charge in [-0.05, 0) is 40.8 Å². The third-order valence-corrected chi connectivity index (χ3v) is 5.13. The molecule has 1 aromatic heterocycles. The first-order valence-corrected chi connectivity index (χ1v) is 9.34. The molecule has 0 aliphatic carbocycles. The van der Waals surface area contributed by atoms with Crippen molar-refractivity contribution in [2.45, 2.75) is 5.03 Å². The van der Waals surface area contributed by atoms with Crippen LogP contribution in [0.25, 0.3) is 10.9 Å². The second-order valence-electron chi connectivity index (χ2n) is 4.95. The average Bonchev–Trinajstić information content (AvgIpc) is 2.61. The summed E-state index contributed by atoms with van der Waals surface area (Å²) in [6.07, 6.45) is 1.65. The Morgan fingerprint density at radius 1 is 1.12 bits per heavy atom.